The molecule has 0 aromatic carbocycles. The number of hydrogen-bond acceptors (Lipinski definition) is 5. The van der Waals surface area contributed by atoms with Crippen LogP contribution in [0.1, 0.15) is 17.5 Å². The molecule has 16 heavy (non-hydrogen) atoms. The summed E-state index contributed by atoms with van der Waals surface area (Å²) in [5.74, 6) is -0.808. The van der Waals surface area contributed by atoms with Crippen molar-refractivity contribution in [2.24, 2.45) is 0 Å². The van der Waals surface area contributed by atoms with Crippen LogP contribution in [-0.2, 0) is 4.79 Å². The molecule has 1 unspecified atom stereocenters. The van der Waals surface area contributed by atoms with E-state index in [9.17, 15) is 9.90 Å². The van der Waals surface area contributed by atoms with E-state index in [-0.39, 0.29) is 0 Å². The number of carbonyl (C=O) groups is 1. The Labute approximate surface area is 98.1 Å². The first-order valence-electron chi connectivity index (χ1n) is 5.36. The third kappa shape index (κ3) is 2.58. The lowest BCUT2D eigenvalue weighted by Crippen LogP contribution is -2.36. The van der Waals surface area contributed by atoms with Gasteiger partial charge in [-0.15, -0.1) is 11.3 Å². The molecule has 1 atom stereocenters. The molecule has 2 heterocycles. The molecule has 88 valence electrons. The highest BCUT2D eigenvalue weighted by Gasteiger charge is 2.29. The highest BCUT2D eigenvalue weighted by Crippen LogP contribution is 2.23. The average molecular weight is 241 g/mol. The second kappa shape index (κ2) is 5.38. The highest BCUT2D eigenvalue weighted by atomic mass is 32.1. The number of thiazole rings is 1. The molecule has 2 rings (SSSR count). The van der Waals surface area contributed by atoms with Gasteiger partial charge >= 0.3 is 5.97 Å². The van der Waals surface area contributed by atoms with E-state index < -0.39 is 12.0 Å². The van der Waals surface area contributed by atoms with Crippen molar-refractivity contribution >= 4 is 17.3 Å². The van der Waals surface area contributed by atoms with Crippen LogP contribution >= 0.6 is 11.3 Å². The summed E-state index contributed by atoms with van der Waals surface area (Å²) in [6.45, 7) is 3.37. The molecule has 0 spiro atoms. The molecule has 0 aliphatic carbocycles. The van der Waals surface area contributed by atoms with E-state index in [1.54, 1.807) is 6.20 Å². The van der Waals surface area contributed by atoms with Crippen molar-refractivity contribution in [1.82, 2.24) is 15.2 Å². The summed E-state index contributed by atoms with van der Waals surface area (Å²) in [6.07, 6.45) is 2.64. The van der Waals surface area contributed by atoms with Gasteiger partial charge in [-0.25, -0.2) is 4.98 Å². The first-order chi connectivity index (χ1) is 7.79. The normalized spacial score (nSPS) is 20.2. The fourth-order valence-corrected chi connectivity index (χ4v) is 2.67. The monoisotopic (exact) mass is 241 g/mol. The highest BCUT2D eigenvalue weighted by molar-refractivity contribution is 7.09. The van der Waals surface area contributed by atoms with Gasteiger partial charge in [0.05, 0.1) is 0 Å². The van der Waals surface area contributed by atoms with E-state index in [2.05, 4.69) is 10.3 Å². The van der Waals surface area contributed by atoms with Gasteiger partial charge < -0.3 is 10.4 Å². The molecule has 1 aromatic heterocycles. The Hall–Kier alpha value is -0.980. The van der Waals surface area contributed by atoms with Gasteiger partial charge in [-0.05, 0) is 13.0 Å². The molecular weight excluding hydrogens is 226 g/mol. The van der Waals surface area contributed by atoms with Crippen molar-refractivity contribution in [2.45, 2.75) is 12.5 Å². The zero-order chi connectivity index (χ0) is 11.4. The topological polar surface area (TPSA) is 65.5 Å². The molecule has 0 bridgehead atoms. The van der Waals surface area contributed by atoms with E-state index in [4.69, 9.17) is 0 Å². The number of carboxylic acids is 1. The average Bonchev–Trinajstić information content (AvgIpc) is 2.62. The van der Waals surface area contributed by atoms with Gasteiger partial charge in [0.15, 0.2) is 6.04 Å². The number of rotatable bonds is 3. The zero-order valence-electron chi connectivity index (χ0n) is 8.93. The molecule has 0 radical (unpaired) electrons. The molecule has 5 nitrogen and oxygen atoms in total. The summed E-state index contributed by atoms with van der Waals surface area (Å²) in [4.78, 5) is 17.4. The van der Waals surface area contributed by atoms with Gasteiger partial charge in [0.2, 0.25) is 0 Å². The fourth-order valence-electron chi connectivity index (χ4n) is 1.91. The van der Waals surface area contributed by atoms with Crippen LogP contribution in [0.5, 0.6) is 0 Å². The predicted molar refractivity (Wildman–Crippen MR) is 61.6 cm³/mol. The molecule has 2 N–H and O–H groups in total. The van der Waals surface area contributed by atoms with Gasteiger partial charge in [-0.2, -0.15) is 0 Å². The summed E-state index contributed by atoms with van der Waals surface area (Å²) >= 11 is 1.41. The minimum absolute atomic E-state index is 0.583. The van der Waals surface area contributed by atoms with Gasteiger partial charge in [-0.1, -0.05) is 0 Å². The summed E-state index contributed by atoms with van der Waals surface area (Å²) < 4.78 is 0. The van der Waals surface area contributed by atoms with Crippen LogP contribution in [0.3, 0.4) is 0 Å². The minimum Gasteiger partial charge on any atom is -0.480 e. The van der Waals surface area contributed by atoms with Crippen molar-refractivity contribution in [3.05, 3.63) is 16.6 Å². The van der Waals surface area contributed by atoms with Gasteiger partial charge in [0.25, 0.3) is 0 Å². The van der Waals surface area contributed by atoms with Crippen LogP contribution in [0, 0.1) is 0 Å². The smallest absolute Gasteiger partial charge is 0.328 e. The maximum Gasteiger partial charge on any atom is 0.328 e. The Balaban J connectivity index is 2.15. The molecule has 6 heteroatoms. The summed E-state index contributed by atoms with van der Waals surface area (Å²) in [5.41, 5.74) is 0. The third-order valence-corrected chi connectivity index (χ3v) is 3.49. The summed E-state index contributed by atoms with van der Waals surface area (Å²) in [7, 11) is 0. The largest absolute Gasteiger partial charge is 0.480 e. The Bertz CT molecular complexity index is 334. The SMILES string of the molecule is O=C(O)C(c1nccs1)N1CCCNCC1. The van der Waals surface area contributed by atoms with Gasteiger partial charge in [-0.3, -0.25) is 9.69 Å². The summed E-state index contributed by atoms with van der Waals surface area (Å²) in [6, 6.07) is -0.583. The van der Waals surface area contributed by atoms with E-state index in [1.165, 1.54) is 11.3 Å². The maximum atomic E-state index is 11.3. The maximum absolute atomic E-state index is 11.3. The van der Waals surface area contributed by atoms with Gasteiger partial charge in [0.1, 0.15) is 5.01 Å². The van der Waals surface area contributed by atoms with Crippen LogP contribution in [0.25, 0.3) is 0 Å². The van der Waals surface area contributed by atoms with Gasteiger partial charge in [0, 0.05) is 31.2 Å². The lowest BCUT2D eigenvalue weighted by molar-refractivity contribution is -0.143. The number of hydrogen-bond donors (Lipinski definition) is 2. The molecule has 1 aromatic rings. The van der Waals surface area contributed by atoms with Crippen molar-refractivity contribution < 1.29 is 9.90 Å². The number of nitrogens with one attached hydrogen (secondary N) is 1. The fraction of sp³-hybridized carbons (Fsp3) is 0.600. The van der Waals surface area contributed by atoms with Crippen LogP contribution in [0.4, 0.5) is 0 Å². The Morgan fingerprint density at radius 3 is 3.12 bits per heavy atom. The molecule has 0 amide bonds. The van der Waals surface area contributed by atoms with Crippen molar-refractivity contribution in [3.63, 3.8) is 0 Å². The predicted octanol–water partition coefficient (Wildman–Crippen LogP) is 0.564. The molecule has 0 saturated carbocycles. The quantitative estimate of drug-likeness (QED) is 0.809. The van der Waals surface area contributed by atoms with E-state index >= 15 is 0 Å². The van der Waals surface area contributed by atoms with Crippen molar-refractivity contribution in [1.29, 1.82) is 0 Å². The molecule has 1 aliphatic rings. The standard InChI is InChI=1S/C10H15N3O2S/c14-10(15)8(9-12-4-7-16-9)13-5-1-2-11-3-6-13/h4,7-8,11H,1-3,5-6H2,(H,14,15). The van der Waals surface area contributed by atoms with Crippen LogP contribution in [-0.4, -0.2) is 47.1 Å². The number of nitrogens with zero attached hydrogens (tertiary/aromatic N) is 2. The lowest BCUT2D eigenvalue weighted by atomic mass is 10.2. The number of carboxylic acid groups (broad SMARTS) is 1. The second-order valence-electron chi connectivity index (χ2n) is 3.75. The molecule has 1 saturated heterocycles. The zero-order valence-corrected chi connectivity index (χ0v) is 9.74. The molecular formula is C10H15N3O2S. The number of aliphatic carboxylic acids is 1. The second-order valence-corrected chi connectivity index (χ2v) is 4.68. The first kappa shape index (κ1) is 11.5. The van der Waals surface area contributed by atoms with Crippen molar-refractivity contribution in [2.75, 3.05) is 26.2 Å². The Morgan fingerprint density at radius 2 is 2.44 bits per heavy atom. The molecule has 1 aliphatic heterocycles. The minimum atomic E-state index is -0.808. The lowest BCUT2D eigenvalue weighted by Gasteiger charge is -2.25. The van der Waals surface area contributed by atoms with E-state index in [0.29, 0.717) is 5.01 Å². The van der Waals surface area contributed by atoms with E-state index in [0.717, 1.165) is 32.6 Å². The molecule has 1 fully saturated rings. The Morgan fingerprint density at radius 1 is 1.56 bits per heavy atom. The third-order valence-electron chi connectivity index (χ3n) is 2.66. The van der Waals surface area contributed by atoms with Crippen molar-refractivity contribution in [3.8, 4) is 0 Å². The van der Waals surface area contributed by atoms with Crippen LogP contribution in [0.15, 0.2) is 11.6 Å². The van der Waals surface area contributed by atoms with Crippen LogP contribution in [0.2, 0.25) is 0 Å². The summed E-state index contributed by atoms with van der Waals surface area (Å²) in [5, 5.41) is 15.1. The van der Waals surface area contributed by atoms with E-state index in [1.807, 2.05) is 10.3 Å². The number of aromatic nitrogens is 1. The first-order valence-corrected chi connectivity index (χ1v) is 6.24. The Kier molecular flexibility index (Phi) is 3.87. The van der Waals surface area contributed by atoms with Crippen LogP contribution < -0.4 is 5.32 Å².